The van der Waals surface area contributed by atoms with Gasteiger partial charge in [0.1, 0.15) is 10.9 Å². The number of hydrogen-bond donors (Lipinski definition) is 2. The molecule has 0 radical (unpaired) electrons. The van der Waals surface area contributed by atoms with E-state index >= 15 is 0 Å². The van der Waals surface area contributed by atoms with Gasteiger partial charge in [0.15, 0.2) is 5.84 Å². The lowest BCUT2D eigenvalue weighted by Gasteiger charge is -2.25. The largest absolute Gasteiger partial charge is 0.399 e. The number of benzene rings is 2. The van der Waals surface area contributed by atoms with Gasteiger partial charge in [-0.05, 0) is 49.1 Å². The van der Waals surface area contributed by atoms with Gasteiger partial charge in [0.05, 0.1) is 0 Å². The number of amidine groups is 1. The summed E-state index contributed by atoms with van der Waals surface area (Å²) < 4.78 is 28.6. The fourth-order valence-electron chi connectivity index (χ4n) is 3.72. The number of nitrogens with zero attached hydrogens (tertiary/aromatic N) is 2. The van der Waals surface area contributed by atoms with Gasteiger partial charge >= 0.3 is 0 Å². The van der Waals surface area contributed by atoms with Crippen molar-refractivity contribution in [1.82, 2.24) is 10.2 Å². The molecule has 9 heteroatoms. The third kappa shape index (κ3) is 4.23. The summed E-state index contributed by atoms with van der Waals surface area (Å²) >= 11 is 0. The molecular formula is C20H23ClN4O3S. The third-order valence-electron chi connectivity index (χ3n) is 5.13. The van der Waals surface area contributed by atoms with Crippen molar-refractivity contribution in [3.63, 3.8) is 0 Å². The van der Waals surface area contributed by atoms with Crippen LogP contribution in [0.25, 0.3) is 0 Å². The fourth-order valence-corrected chi connectivity index (χ4v) is 4.94. The van der Waals surface area contributed by atoms with Crippen LogP contribution in [-0.2, 0) is 21.2 Å². The van der Waals surface area contributed by atoms with Crippen LogP contribution >= 0.6 is 12.4 Å². The molecule has 1 fully saturated rings. The maximum atomic E-state index is 12.8. The smallest absolute Gasteiger partial charge is 0.285 e. The van der Waals surface area contributed by atoms with E-state index in [9.17, 15) is 13.2 Å². The Labute approximate surface area is 176 Å². The van der Waals surface area contributed by atoms with Gasteiger partial charge in [-0.15, -0.1) is 16.8 Å². The third-order valence-corrected chi connectivity index (χ3v) is 6.46. The van der Waals surface area contributed by atoms with Crippen LogP contribution in [0.3, 0.4) is 0 Å². The zero-order chi connectivity index (χ0) is 19.7. The molecule has 3 N–H and O–H groups in total. The minimum Gasteiger partial charge on any atom is -0.399 e. The van der Waals surface area contributed by atoms with Gasteiger partial charge in [0.2, 0.25) is 5.91 Å². The van der Waals surface area contributed by atoms with Crippen LogP contribution in [0.15, 0.2) is 57.8 Å². The first-order chi connectivity index (χ1) is 13.5. The summed E-state index contributed by atoms with van der Waals surface area (Å²) in [5, 5.41) is 2.97. The summed E-state index contributed by atoms with van der Waals surface area (Å²) in [6.07, 6.45) is 2.20. The van der Waals surface area contributed by atoms with E-state index < -0.39 is 16.1 Å². The van der Waals surface area contributed by atoms with Crippen molar-refractivity contribution < 1.29 is 13.2 Å². The highest BCUT2D eigenvalue weighted by Gasteiger charge is 2.38. The molecule has 0 spiro atoms. The van der Waals surface area contributed by atoms with E-state index in [1.165, 1.54) is 0 Å². The summed E-state index contributed by atoms with van der Waals surface area (Å²) in [6.45, 7) is 1.12. The molecular weight excluding hydrogens is 412 g/mol. The van der Waals surface area contributed by atoms with Crippen LogP contribution in [0.2, 0.25) is 0 Å². The first-order valence-electron chi connectivity index (χ1n) is 9.29. The number of halogens is 1. The topological polar surface area (TPSA) is 105 Å². The lowest BCUT2D eigenvalue weighted by molar-refractivity contribution is -0.124. The van der Waals surface area contributed by atoms with Gasteiger partial charge < -0.3 is 16.0 Å². The summed E-state index contributed by atoms with van der Waals surface area (Å²) in [6, 6.07) is 13.9. The number of fused-ring (bicyclic) bond motifs is 1. The molecule has 1 amide bonds. The monoisotopic (exact) mass is 434 g/mol. The van der Waals surface area contributed by atoms with E-state index in [2.05, 4.69) is 9.71 Å². The van der Waals surface area contributed by atoms with Crippen molar-refractivity contribution >= 4 is 39.9 Å². The van der Waals surface area contributed by atoms with E-state index in [0.29, 0.717) is 43.0 Å². The number of anilines is 1. The van der Waals surface area contributed by atoms with Crippen molar-refractivity contribution in [3.05, 3.63) is 59.7 Å². The molecule has 1 unspecified atom stereocenters. The minimum absolute atomic E-state index is 0. The maximum Gasteiger partial charge on any atom is 0.285 e. The first-order valence-corrected chi connectivity index (χ1v) is 10.7. The van der Waals surface area contributed by atoms with Gasteiger partial charge in [-0.3, -0.25) is 4.79 Å². The van der Waals surface area contributed by atoms with Gasteiger partial charge in [-0.2, -0.15) is 8.42 Å². The summed E-state index contributed by atoms with van der Waals surface area (Å²) in [5.74, 6) is 0.282. The minimum atomic E-state index is -3.69. The van der Waals surface area contributed by atoms with Crippen LogP contribution in [0.5, 0.6) is 0 Å². The summed E-state index contributed by atoms with van der Waals surface area (Å²) in [7, 11) is -3.69. The van der Waals surface area contributed by atoms with Gasteiger partial charge in [-0.25, -0.2) is 0 Å². The Morgan fingerprint density at radius 2 is 1.90 bits per heavy atom. The van der Waals surface area contributed by atoms with E-state index in [1.54, 1.807) is 24.3 Å². The van der Waals surface area contributed by atoms with Crippen molar-refractivity contribution in [2.45, 2.75) is 30.2 Å². The Morgan fingerprint density at radius 3 is 2.66 bits per heavy atom. The van der Waals surface area contributed by atoms with E-state index in [0.717, 1.165) is 12.0 Å². The summed E-state index contributed by atoms with van der Waals surface area (Å²) in [4.78, 5) is 14.8. The van der Waals surface area contributed by atoms with Gasteiger partial charge in [0.25, 0.3) is 10.0 Å². The molecule has 2 aromatic rings. The highest BCUT2D eigenvalue weighted by atomic mass is 35.5. The molecule has 154 valence electrons. The van der Waals surface area contributed by atoms with Gasteiger partial charge in [-0.1, -0.05) is 24.3 Å². The molecule has 4 rings (SSSR count). The lowest BCUT2D eigenvalue weighted by Crippen LogP contribution is -2.46. The zero-order valence-electron chi connectivity index (χ0n) is 15.7. The number of carbonyl (C=O) groups excluding carboxylic acids is 1. The number of sulfonamides is 1. The molecule has 0 aliphatic carbocycles. The SMILES string of the molecule is Cl.Nc1ccc(CCNC(=O)C2CCCN2C2=NS(=O)(=O)c3ccccc32)cc1. The highest BCUT2D eigenvalue weighted by Crippen LogP contribution is 2.31. The lowest BCUT2D eigenvalue weighted by atomic mass is 10.1. The Hall–Kier alpha value is -2.58. The average Bonchev–Trinajstić information content (AvgIpc) is 3.26. The summed E-state index contributed by atoms with van der Waals surface area (Å²) in [5.41, 5.74) is 8.06. The van der Waals surface area contributed by atoms with E-state index in [-0.39, 0.29) is 23.2 Å². The number of amides is 1. The standard InChI is InChI=1S/C20H22N4O3S.ClH/c21-15-9-7-14(8-10-15)11-12-22-20(25)17-5-3-13-24(17)19-16-4-1-2-6-18(16)28(26,27)23-19;/h1-2,4,6-10,17H,3,5,11-13,21H2,(H,22,25);1H. The Morgan fingerprint density at radius 1 is 1.17 bits per heavy atom. The predicted octanol–water partition coefficient (Wildman–Crippen LogP) is 1.96. The van der Waals surface area contributed by atoms with Crippen molar-refractivity contribution in [1.29, 1.82) is 0 Å². The molecule has 0 bridgehead atoms. The van der Waals surface area contributed by atoms with Crippen LogP contribution in [-0.4, -0.2) is 44.2 Å². The fraction of sp³-hybridized carbons (Fsp3) is 0.300. The molecule has 1 atom stereocenters. The van der Waals surface area contributed by atoms with Crippen molar-refractivity contribution in [2.75, 3.05) is 18.8 Å². The molecule has 2 aliphatic heterocycles. The molecule has 2 aromatic carbocycles. The molecule has 0 saturated carbocycles. The number of rotatable bonds is 4. The van der Waals surface area contributed by atoms with Crippen molar-refractivity contribution in [3.8, 4) is 0 Å². The highest BCUT2D eigenvalue weighted by molar-refractivity contribution is 7.90. The Balaban J connectivity index is 0.00000240. The normalized spacial score (nSPS) is 19.2. The molecule has 2 heterocycles. The second kappa shape index (κ2) is 8.42. The van der Waals surface area contributed by atoms with Crippen LogP contribution in [0, 0.1) is 0 Å². The van der Waals surface area contributed by atoms with E-state index in [4.69, 9.17) is 5.73 Å². The predicted molar refractivity (Wildman–Crippen MR) is 115 cm³/mol. The molecule has 0 aromatic heterocycles. The molecule has 29 heavy (non-hydrogen) atoms. The average molecular weight is 435 g/mol. The second-order valence-corrected chi connectivity index (χ2v) is 8.59. The Bertz CT molecular complexity index is 1040. The second-order valence-electron chi connectivity index (χ2n) is 7.02. The van der Waals surface area contributed by atoms with Crippen LogP contribution in [0.4, 0.5) is 5.69 Å². The van der Waals surface area contributed by atoms with E-state index in [1.807, 2.05) is 29.2 Å². The van der Waals surface area contributed by atoms with Crippen LogP contribution in [0.1, 0.15) is 24.0 Å². The number of carbonyl (C=O) groups is 1. The number of nitrogens with one attached hydrogen (secondary N) is 1. The molecule has 2 aliphatic rings. The van der Waals surface area contributed by atoms with Crippen LogP contribution < -0.4 is 11.1 Å². The molecule has 7 nitrogen and oxygen atoms in total. The quantitative estimate of drug-likeness (QED) is 0.715. The Kier molecular flexibility index (Phi) is 6.14. The number of hydrogen-bond acceptors (Lipinski definition) is 5. The number of nitrogen functional groups attached to an aromatic ring is 1. The van der Waals surface area contributed by atoms with Gasteiger partial charge in [0, 0.05) is 24.3 Å². The first kappa shape index (κ1) is 21.1. The number of nitrogens with two attached hydrogens (primary N) is 1. The maximum absolute atomic E-state index is 12.8. The zero-order valence-corrected chi connectivity index (χ0v) is 17.4. The molecule has 1 saturated heterocycles. The number of likely N-dealkylation sites (tertiary alicyclic amines) is 1. The van der Waals surface area contributed by atoms with Crippen molar-refractivity contribution in [2.24, 2.45) is 4.40 Å².